The molecule has 0 unspecified atom stereocenters. The molecule has 0 atom stereocenters. The number of imidazole rings is 1. The number of allylic oxidation sites excluding steroid dienone is 3. The van der Waals surface area contributed by atoms with E-state index < -0.39 is 0 Å². The Bertz CT molecular complexity index is 1380. The largest absolute Gasteiger partial charge is 0.497 e. The summed E-state index contributed by atoms with van der Waals surface area (Å²) < 4.78 is 7.37. The van der Waals surface area contributed by atoms with Crippen LogP contribution < -0.4 is 10.1 Å². The normalized spacial score (nSPS) is 13.5. The summed E-state index contributed by atoms with van der Waals surface area (Å²) in [6.45, 7) is 9.31. The first-order chi connectivity index (χ1) is 17.8. The number of carbonyl (C=O) groups excluding carboxylic acids is 1. The van der Waals surface area contributed by atoms with E-state index >= 15 is 0 Å². The summed E-state index contributed by atoms with van der Waals surface area (Å²) in [6, 6.07) is 11.9. The fourth-order valence-corrected chi connectivity index (χ4v) is 4.82. The lowest BCUT2D eigenvalue weighted by molar-refractivity contribution is 0.0726. The number of benzene rings is 2. The third-order valence-corrected chi connectivity index (χ3v) is 6.67. The van der Waals surface area contributed by atoms with Crippen molar-refractivity contribution in [1.82, 2.24) is 14.5 Å². The molecule has 192 valence electrons. The number of fused-ring (bicyclic) bond motifs is 1. The van der Waals surface area contributed by atoms with Crippen molar-refractivity contribution < 1.29 is 9.53 Å². The quantitative estimate of drug-likeness (QED) is 0.223. The van der Waals surface area contributed by atoms with Crippen LogP contribution >= 0.6 is 11.6 Å². The average molecular weight is 518 g/mol. The minimum Gasteiger partial charge on any atom is -0.497 e. The first-order valence-corrected chi connectivity index (χ1v) is 12.5. The highest BCUT2D eigenvalue weighted by Gasteiger charge is 2.28. The smallest absolute Gasteiger partial charge is 0.254 e. The Morgan fingerprint density at radius 2 is 2.05 bits per heavy atom. The topological polar surface area (TPSA) is 71.8 Å². The third-order valence-electron chi connectivity index (χ3n) is 6.34. The monoisotopic (exact) mass is 517 g/mol. The van der Waals surface area contributed by atoms with Crippen LogP contribution in [0.15, 0.2) is 70.6 Å². The predicted octanol–water partition coefficient (Wildman–Crippen LogP) is 5.75. The molecule has 0 fully saturated rings. The van der Waals surface area contributed by atoms with Gasteiger partial charge in [0, 0.05) is 43.7 Å². The maximum Gasteiger partial charge on any atom is 0.254 e. The second-order valence-electron chi connectivity index (χ2n) is 9.21. The van der Waals surface area contributed by atoms with Crippen molar-refractivity contribution >= 4 is 35.7 Å². The van der Waals surface area contributed by atoms with Crippen molar-refractivity contribution in [2.24, 2.45) is 4.99 Å². The lowest BCUT2D eigenvalue weighted by atomic mass is 9.87. The van der Waals surface area contributed by atoms with E-state index in [1.807, 2.05) is 73.0 Å². The van der Waals surface area contributed by atoms with Crippen molar-refractivity contribution in [3.8, 4) is 5.75 Å². The molecule has 8 heteroatoms. The Morgan fingerprint density at radius 1 is 1.24 bits per heavy atom. The third kappa shape index (κ3) is 5.78. The molecule has 1 aliphatic heterocycles. The van der Waals surface area contributed by atoms with Gasteiger partial charge >= 0.3 is 0 Å². The Morgan fingerprint density at radius 3 is 2.76 bits per heavy atom. The van der Waals surface area contributed by atoms with Gasteiger partial charge in [-0.1, -0.05) is 35.4 Å². The average Bonchev–Trinajstić information content (AvgIpc) is 3.35. The van der Waals surface area contributed by atoms with E-state index in [1.165, 1.54) is 0 Å². The number of hydrogen-bond acceptors (Lipinski definition) is 5. The number of anilines is 1. The van der Waals surface area contributed by atoms with Gasteiger partial charge in [-0.3, -0.25) is 9.79 Å². The Hall–Kier alpha value is -3.84. The fourth-order valence-electron chi connectivity index (χ4n) is 4.67. The molecular formula is C29H32ClN5O2. The number of amides is 1. The van der Waals surface area contributed by atoms with Gasteiger partial charge < -0.3 is 19.5 Å². The van der Waals surface area contributed by atoms with Crippen LogP contribution in [0.4, 0.5) is 5.95 Å². The van der Waals surface area contributed by atoms with Gasteiger partial charge in [0.1, 0.15) is 10.9 Å². The summed E-state index contributed by atoms with van der Waals surface area (Å²) in [5.41, 5.74) is 6.40. The summed E-state index contributed by atoms with van der Waals surface area (Å²) in [4.78, 5) is 24.1. The number of nitrogens with zero attached hydrogens (tertiary/aromatic N) is 4. The van der Waals surface area contributed by atoms with Crippen LogP contribution in [0.2, 0.25) is 0 Å². The molecule has 0 saturated heterocycles. The van der Waals surface area contributed by atoms with Gasteiger partial charge in [-0.25, -0.2) is 4.98 Å². The van der Waals surface area contributed by atoms with Crippen molar-refractivity contribution in [3.05, 3.63) is 93.4 Å². The van der Waals surface area contributed by atoms with Crippen molar-refractivity contribution in [1.29, 1.82) is 0 Å². The second-order valence-corrected chi connectivity index (χ2v) is 9.57. The molecule has 4 rings (SSSR count). The zero-order chi connectivity index (χ0) is 26.5. The van der Waals surface area contributed by atoms with E-state index in [-0.39, 0.29) is 5.91 Å². The van der Waals surface area contributed by atoms with Crippen LogP contribution in [0, 0.1) is 0 Å². The fraction of sp³-hybridized carbons (Fsp3) is 0.276. The van der Waals surface area contributed by atoms with Crippen LogP contribution in [0.5, 0.6) is 5.75 Å². The number of methoxy groups -OCH3 is 1. The van der Waals surface area contributed by atoms with Crippen molar-refractivity contribution in [2.75, 3.05) is 26.0 Å². The molecule has 0 aliphatic carbocycles. The Kier molecular flexibility index (Phi) is 8.14. The summed E-state index contributed by atoms with van der Waals surface area (Å²) in [6.07, 6.45) is 6.36. The first kappa shape index (κ1) is 26.2. The van der Waals surface area contributed by atoms with E-state index in [9.17, 15) is 4.79 Å². The molecule has 1 aliphatic rings. The van der Waals surface area contributed by atoms with Gasteiger partial charge in [-0.2, -0.15) is 0 Å². The van der Waals surface area contributed by atoms with Crippen LogP contribution in [0.3, 0.4) is 0 Å². The number of aliphatic imine (C=N–C) groups is 1. The number of rotatable bonds is 9. The molecule has 3 aromatic rings. The van der Waals surface area contributed by atoms with Crippen LogP contribution in [0.25, 0.3) is 5.57 Å². The van der Waals surface area contributed by atoms with E-state index in [0.717, 1.165) is 45.1 Å². The molecule has 0 bridgehead atoms. The van der Waals surface area contributed by atoms with Gasteiger partial charge in [0.15, 0.2) is 0 Å². The van der Waals surface area contributed by atoms with Crippen LogP contribution in [-0.4, -0.2) is 47.8 Å². The van der Waals surface area contributed by atoms with Crippen molar-refractivity contribution in [3.63, 3.8) is 0 Å². The molecule has 1 amide bonds. The van der Waals surface area contributed by atoms with Gasteiger partial charge in [-0.15, -0.1) is 0 Å². The van der Waals surface area contributed by atoms with Crippen LogP contribution in [0.1, 0.15) is 46.5 Å². The number of halogens is 1. The highest BCUT2D eigenvalue weighted by Crippen LogP contribution is 2.34. The highest BCUT2D eigenvalue weighted by atomic mass is 35.5. The molecular weight excluding hydrogens is 486 g/mol. The zero-order valence-corrected chi connectivity index (χ0v) is 22.5. The van der Waals surface area contributed by atoms with Gasteiger partial charge in [0.05, 0.1) is 13.7 Å². The maximum absolute atomic E-state index is 13.9. The predicted molar refractivity (Wildman–Crippen MR) is 151 cm³/mol. The molecule has 2 aromatic carbocycles. The minimum absolute atomic E-state index is 0.00845. The van der Waals surface area contributed by atoms with E-state index in [2.05, 4.69) is 28.1 Å². The van der Waals surface area contributed by atoms with Gasteiger partial charge in [0.25, 0.3) is 5.91 Å². The molecule has 0 radical (unpaired) electrons. The van der Waals surface area contributed by atoms with E-state index in [0.29, 0.717) is 36.8 Å². The SMILES string of the molecule is C=N/C(Cl)=C(\C=C(C)C)c1cc(Cn2ccnc2NC)cc2c1CCN(Cc1cccc(OC)c1)C2=O. The van der Waals surface area contributed by atoms with Gasteiger partial charge in [-0.05, 0) is 73.5 Å². The minimum atomic E-state index is -0.00845. The second kappa shape index (κ2) is 11.5. The molecule has 37 heavy (non-hydrogen) atoms. The lowest BCUT2D eigenvalue weighted by Crippen LogP contribution is -2.37. The van der Waals surface area contributed by atoms with E-state index in [4.69, 9.17) is 16.3 Å². The number of carbonyl (C=O) groups is 1. The molecule has 1 N–H and O–H groups in total. The first-order valence-electron chi connectivity index (χ1n) is 12.1. The van der Waals surface area contributed by atoms with Crippen molar-refractivity contribution in [2.45, 2.75) is 33.4 Å². The van der Waals surface area contributed by atoms with Gasteiger partial charge in [0.2, 0.25) is 5.95 Å². The molecule has 0 spiro atoms. The standard InChI is InChI=1S/C29H32ClN5O2/c1-19(2)13-25(27(30)31-3)24-15-21(18-35-12-10-33-29(35)32-4)16-26-23(24)9-11-34(28(26)36)17-20-7-6-8-22(14-20)37-5/h6-8,10,12-16H,3,9,11,17-18H2,1-2,4-5H3,(H,32,33)/b27-25+. The molecule has 7 nitrogen and oxygen atoms in total. The number of nitrogens with one attached hydrogen (secondary N) is 1. The highest BCUT2D eigenvalue weighted by molar-refractivity contribution is 6.33. The van der Waals surface area contributed by atoms with E-state index in [1.54, 1.807) is 13.3 Å². The number of hydrogen-bond donors (Lipinski definition) is 1. The maximum atomic E-state index is 13.9. The van der Waals surface area contributed by atoms with Crippen LogP contribution in [-0.2, 0) is 19.5 Å². The summed E-state index contributed by atoms with van der Waals surface area (Å²) in [5, 5.41) is 3.42. The Balaban J connectivity index is 1.81. The zero-order valence-electron chi connectivity index (χ0n) is 21.7. The summed E-state index contributed by atoms with van der Waals surface area (Å²) >= 11 is 6.57. The number of ether oxygens (including phenoxy) is 1. The molecule has 2 heterocycles. The number of aromatic nitrogens is 2. The summed E-state index contributed by atoms with van der Waals surface area (Å²) in [5.74, 6) is 1.51. The Labute approximate surface area is 223 Å². The summed E-state index contributed by atoms with van der Waals surface area (Å²) in [7, 11) is 3.48. The molecule has 1 aromatic heterocycles. The lowest BCUT2D eigenvalue weighted by Gasteiger charge is -2.31. The molecule has 0 saturated carbocycles.